The van der Waals surface area contributed by atoms with Crippen molar-refractivity contribution in [1.82, 2.24) is 4.31 Å². The zero-order valence-corrected chi connectivity index (χ0v) is 20.2. The number of hydrogen-bond acceptors (Lipinski definition) is 7. The van der Waals surface area contributed by atoms with Crippen LogP contribution in [0.15, 0.2) is 53.4 Å². The van der Waals surface area contributed by atoms with Gasteiger partial charge in [0.15, 0.2) is 5.78 Å². The largest absolute Gasteiger partial charge is 0.425 e. The lowest BCUT2D eigenvalue weighted by atomic mass is 10.1. The minimum absolute atomic E-state index is 0.0677. The molecule has 0 saturated carbocycles. The molecule has 2 fully saturated rings. The summed E-state index contributed by atoms with van der Waals surface area (Å²) in [5.41, 5.74) is 1.63. The van der Waals surface area contributed by atoms with Crippen molar-refractivity contribution in [3.63, 3.8) is 0 Å². The minimum Gasteiger partial charge on any atom is -0.425 e. The summed E-state index contributed by atoms with van der Waals surface area (Å²) in [6, 6.07) is 12.4. The molecule has 0 aliphatic carbocycles. The molecule has 6 nitrogen and oxygen atoms in total. The number of thioether (sulfide) groups is 2. The maximum absolute atomic E-state index is 13.3. The molecule has 0 bridgehead atoms. The fraction of sp³-hybridized carbons (Fsp3) is 0.391. The van der Waals surface area contributed by atoms with E-state index in [4.69, 9.17) is 4.74 Å². The van der Waals surface area contributed by atoms with Crippen LogP contribution in [0, 0.1) is 0 Å². The number of benzene rings is 2. The van der Waals surface area contributed by atoms with E-state index in [0.717, 1.165) is 17.9 Å². The molecule has 2 heterocycles. The van der Waals surface area contributed by atoms with Crippen LogP contribution in [0.25, 0.3) is 0 Å². The van der Waals surface area contributed by atoms with Gasteiger partial charge in [0.05, 0.1) is 9.48 Å². The Morgan fingerprint density at radius 2 is 1.62 bits per heavy atom. The Morgan fingerprint density at radius 1 is 0.969 bits per heavy atom. The molecule has 2 aromatic rings. The molecule has 0 N–H and O–H groups in total. The Kier molecular flexibility index (Phi) is 7.29. The van der Waals surface area contributed by atoms with Crippen molar-refractivity contribution in [1.29, 1.82) is 0 Å². The van der Waals surface area contributed by atoms with E-state index in [-0.39, 0.29) is 17.2 Å². The first-order chi connectivity index (χ1) is 15.4. The molecule has 2 saturated heterocycles. The van der Waals surface area contributed by atoms with Crippen molar-refractivity contribution in [2.45, 2.75) is 41.7 Å². The molecule has 0 radical (unpaired) electrons. The third-order valence-electron chi connectivity index (χ3n) is 5.59. The average molecular weight is 492 g/mol. The van der Waals surface area contributed by atoms with Gasteiger partial charge in [0.25, 0.3) is 0 Å². The molecule has 1 atom stereocenters. The summed E-state index contributed by atoms with van der Waals surface area (Å²) >= 11 is 3.81. The highest BCUT2D eigenvalue weighted by molar-refractivity contribution is 8.19. The minimum atomic E-state index is -3.89. The smallest absolute Gasteiger partial charge is 0.329 e. The zero-order valence-electron chi connectivity index (χ0n) is 17.7. The number of piperidine rings is 1. The summed E-state index contributed by atoms with van der Waals surface area (Å²) in [5.74, 6) is 1.99. The SMILES string of the molecule is CC(=O)c1ccc(S(=O)(=O)N2CCCCC2C(=O)Oc2ccc(C3SCCS3)cc2)cc1. The van der Waals surface area contributed by atoms with Crippen LogP contribution < -0.4 is 4.74 Å². The van der Waals surface area contributed by atoms with Gasteiger partial charge >= 0.3 is 5.97 Å². The number of nitrogens with zero attached hydrogens (tertiary/aromatic N) is 1. The second-order valence-corrected chi connectivity index (χ2v) is 12.4. The number of ketones is 1. The van der Waals surface area contributed by atoms with Crippen LogP contribution in [0.4, 0.5) is 0 Å². The second-order valence-electron chi connectivity index (χ2n) is 7.77. The number of carbonyl (C=O) groups excluding carboxylic acids is 2. The Labute approximate surface area is 197 Å². The summed E-state index contributed by atoms with van der Waals surface area (Å²) in [7, 11) is -3.89. The normalized spacial score (nSPS) is 20.2. The lowest BCUT2D eigenvalue weighted by Gasteiger charge is -2.33. The first-order valence-corrected chi connectivity index (χ1v) is 14.1. The maximum atomic E-state index is 13.3. The van der Waals surface area contributed by atoms with Gasteiger partial charge in [-0.2, -0.15) is 4.31 Å². The summed E-state index contributed by atoms with van der Waals surface area (Å²) in [4.78, 5) is 24.5. The molecule has 4 rings (SSSR count). The van der Waals surface area contributed by atoms with Crippen LogP contribution in [-0.2, 0) is 14.8 Å². The summed E-state index contributed by atoms with van der Waals surface area (Å²) in [5, 5.41) is 0. The Hall–Kier alpha value is -1.81. The van der Waals surface area contributed by atoms with Gasteiger partial charge in [0, 0.05) is 23.6 Å². The first kappa shape index (κ1) is 23.4. The van der Waals surface area contributed by atoms with Gasteiger partial charge in [-0.25, -0.2) is 13.2 Å². The Bertz CT molecular complexity index is 1080. The summed E-state index contributed by atoms with van der Waals surface area (Å²) < 4.78 is 33.7. The van der Waals surface area contributed by atoms with Crippen LogP contribution in [0.3, 0.4) is 0 Å². The Balaban J connectivity index is 1.49. The molecule has 2 aliphatic heterocycles. The standard InChI is InChI=1S/C23H25NO5S3/c1-16(25)17-7-11-20(12-8-17)32(27,28)24-13-3-2-4-21(24)22(26)29-19-9-5-18(6-10-19)23-30-14-15-31-23/h5-12,21,23H,2-4,13-15H2,1H3. The topological polar surface area (TPSA) is 80.8 Å². The number of Topliss-reactive ketones (excluding diaryl/α,β-unsaturated/α-hetero) is 1. The molecule has 2 aliphatic rings. The van der Waals surface area contributed by atoms with Crippen LogP contribution in [0.1, 0.15) is 46.7 Å². The molecule has 170 valence electrons. The number of carbonyl (C=O) groups is 2. The lowest BCUT2D eigenvalue weighted by Crippen LogP contribution is -2.49. The predicted octanol–water partition coefficient (Wildman–Crippen LogP) is 4.52. The highest BCUT2D eigenvalue weighted by Crippen LogP contribution is 2.45. The number of ether oxygens (including phenoxy) is 1. The van der Waals surface area contributed by atoms with Crippen LogP contribution in [0.2, 0.25) is 0 Å². The van der Waals surface area contributed by atoms with Gasteiger partial charge in [-0.1, -0.05) is 24.3 Å². The molecule has 2 aromatic carbocycles. The van der Waals surface area contributed by atoms with E-state index < -0.39 is 22.0 Å². The highest BCUT2D eigenvalue weighted by Gasteiger charge is 2.38. The average Bonchev–Trinajstić information content (AvgIpc) is 3.34. The maximum Gasteiger partial charge on any atom is 0.329 e. The fourth-order valence-electron chi connectivity index (χ4n) is 3.85. The van der Waals surface area contributed by atoms with Gasteiger partial charge in [0.1, 0.15) is 11.8 Å². The van der Waals surface area contributed by atoms with Crippen molar-refractivity contribution >= 4 is 45.3 Å². The molecule has 32 heavy (non-hydrogen) atoms. The number of rotatable bonds is 6. The van der Waals surface area contributed by atoms with Gasteiger partial charge < -0.3 is 4.74 Å². The molecule has 1 unspecified atom stereocenters. The molecule has 9 heteroatoms. The second kappa shape index (κ2) is 9.99. The van der Waals surface area contributed by atoms with Crippen LogP contribution in [0.5, 0.6) is 5.75 Å². The van der Waals surface area contributed by atoms with Crippen LogP contribution in [-0.4, -0.2) is 48.6 Å². The molecule has 0 spiro atoms. The quantitative estimate of drug-likeness (QED) is 0.334. The van der Waals surface area contributed by atoms with E-state index in [0.29, 0.717) is 28.7 Å². The van der Waals surface area contributed by atoms with E-state index >= 15 is 0 Å². The van der Waals surface area contributed by atoms with Gasteiger partial charge in [-0.3, -0.25) is 4.79 Å². The van der Waals surface area contributed by atoms with Crippen molar-refractivity contribution < 1.29 is 22.7 Å². The van der Waals surface area contributed by atoms with E-state index in [1.165, 1.54) is 41.1 Å². The fourth-order valence-corrected chi connectivity index (χ4v) is 8.36. The number of hydrogen-bond donors (Lipinski definition) is 0. The van der Waals surface area contributed by atoms with Gasteiger partial charge in [0.2, 0.25) is 10.0 Å². The Morgan fingerprint density at radius 3 is 2.25 bits per heavy atom. The third kappa shape index (κ3) is 5.06. The van der Waals surface area contributed by atoms with Crippen molar-refractivity contribution in [3.8, 4) is 5.75 Å². The van der Waals surface area contributed by atoms with Crippen molar-refractivity contribution in [3.05, 3.63) is 59.7 Å². The predicted molar refractivity (Wildman–Crippen MR) is 128 cm³/mol. The van der Waals surface area contributed by atoms with Gasteiger partial charge in [-0.15, -0.1) is 23.5 Å². The molecule has 0 aromatic heterocycles. The lowest BCUT2D eigenvalue weighted by molar-refractivity contribution is -0.139. The zero-order chi connectivity index (χ0) is 22.7. The monoisotopic (exact) mass is 491 g/mol. The van der Waals surface area contributed by atoms with E-state index in [9.17, 15) is 18.0 Å². The molecule has 0 amide bonds. The van der Waals surface area contributed by atoms with Crippen molar-refractivity contribution in [2.24, 2.45) is 0 Å². The first-order valence-electron chi connectivity index (χ1n) is 10.5. The van der Waals surface area contributed by atoms with Crippen molar-refractivity contribution in [2.75, 3.05) is 18.1 Å². The number of esters is 1. The summed E-state index contributed by atoms with van der Waals surface area (Å²) in [6.07, 6.45) is 1.85. The van der Waals surface area contributed by atoms with E-state index in [1.54, 1.807) is 12.1 Å². The van der Waals surface area contributed by atoms with E-state index in [2.05, 4.69) is 0 Å². The van der Waals surface area contributed by atoms with Gasteiger partial charge in [-0.05, 0) is 56.0 Å². The summed E-state index contributed by atoms with van der Waals surface area (Å²) in [6.45, 7) is 1.68. The number of sulfonamides is 1. The highest BCUT2D eigenvalue weighted by atomic mass is 32.2. The molecular formula is C23H25NO5S3. The van der Waals surface area contributed by atoms with Crippen LogP contribution >= 0.6 is 23.5 Å². The van der Waals surface area contributed by atoms with E-state index in [1.807, 2.05) is 35.7 Å². The molecular weight excluding hydrogens is 466 g/mol. The third-order valence-corrected chi connectivity index (χ3v) is 10.6.